The Balaban J connectivity index is 2.32. The number of benzene rings is 1. The normalized spacial score (nSPS) is 11.7. The van der Waals surface area contributed by atoms with Gasteiger partial charge in [-0.3, -0.25) is 14.9 Å². The Labute approximate surface area is 161 Å². The van der Waals surface area contributed by atoms with E-state index in [1.54, 1.807) is 24.3 Å². The van der Waals surface area contributed by atoms with Gasteiger partial charge in [0.15, 0.2) is 11.8 Å². The van der Waals surface area contributed by atoms with Crippen molar-refractivity contribution in [1.29, 1.82) is 0 Å². The molecule has 1 aromatic heterocycles. The van der Waals surface area contributed by atoms with Gasteiger partial charge in [-0.05, 0) is 19.4 Å². The molecule has 1 atom stereocenters. The minimum Gasteiger partial charge on any atom is -0.453 e. The van der Waals surface area contributed by atoms with E-state index in [0.717, 1.165) is 26.4 Å². The highest BCUT2D eigenvalue weighted by Crippen LogP contribution is 2.15. The van der Waals surface area contributed by atoms with Crippen molar-refractivity contribution in [3.05, 3.63) is 40.3 Å². The summed E-state index contributed by atoms with van der Waals surface area (Å²) >= 11 is 0. The number of hydrogen-bond acceptors (Lipinski definition) is 7. The Hall–Kier alpha value is -3.23. The molecule has 0 aliphatic heterocycles. The summed E-state index contributed by atoms with van der Waals surface area (Å²) in [6.07, 6.45) is 0.428. The van der Waals surface area contributed by atoms with E-state index in [2.05, 4.69) is 9.84 Å². The number of rotatable bonds is 7. The third kappa shape index (κ3) is 4.93. The van der Waals surface area contributed by atoms with Gasteiger partial charge in [0.25, 0.3) is 11.5 Å². The molecule has 9 nitrogen and oxygen atoms in total. The third-order valence-corrected chi connectivity index (χ3v) is 4.10. The Bertz CT molecular complexity index is 937. The molecule has 1 heterocycles. The molecule has 0 unspecified atom stereocenters. The fourth-order valence-corrected chi connectivity index (χ4v) is 2.57. The number of imide groups is 1. The highest BCUT2D eigenvalue weighted by Gasteiger charge is 2.24. The Morgan fingerprint density at radius 3 is 2.50 bits per heavy atom. The van der Waals surface area contributed by atoms with Crippen LogP contribution >= 0.6 is 0 Å². The summed E-state index contributed by atoms with van der Waals surface area (Å²) in [4.78, 5) is 48.2. The minimum absolute atomic E-state index is 0.0654. The maximum absolute atomic E-state index is 12.6. The Morgan fingerprint density at radius 2 is 1.86 bits per heavy atom. The molecule has 1 aromatic carbocycles. The first kappa shape index (κ1) is 21.1. The summed E-state index contributed by atoms with van der Waals surface area (Å²) < 4.78 is 10.7. The number of ether oxygens (including phenoxy) is 2. The highest BCUT2D eigenvalue weighted by atomic mass is 16.6. The number of esters is 1. The molecule has 0 aliphatic rings. The molecule has 0 bridgehead atoms. The van der Waals surface area contributed by atoms with Crippen molar-refractivity contribution in [2.45, 2.75) is 45.8 Å². The standard InChI is InChI=1S/C19H23N3O6/c1-4-5-8-11-22-17(24)14-10-7-6-9-13(14)15(21-22)18(25)28-12(2)16(23)20-19(26)27-3/h6-7,9-10,12H,4-5,8,11H2,1-3H3,(H,20,23,26)/t12-/m0/s1. The first-order valence-electron chi connectivity index (χ1n) is 8.98. The monoisotopic (exact) mass is 389 g/mol. The van der Waals surface area contributed by atoms with Crippen molar-refractivity contribution in [2.24, 2.45) is 0 Å². The molecule has 2 aromatic rings. The fourth-order valence-electron chi connectivity index (χ4n) is 2.57. The summed E-state index contributed by atoms with van der Waals surface area (Å²) in [5, 5.41) is 6.77. The first-order valence-corrected chi connectivity index (χ1v) is 8.98. The molecule has 0 saturated carbocycles. The van der Waals surface area contributed by atoms with Gasteiger partial charge in [-0.1, -0.05) is 38.0 Å². The largest absolute Gasteiger partial charge is 0.453 e. The topological polar surface area (TPSA) is 117 Å². The van der Waals surface area contributed by atoms with Crippen molar-refractivity contribution in [3.8, 4) is 0 Å². The van der Waals surface area contributed by atoms with Crippen molar-refractivity contribution in [1.82, 2.24) is 15.1 Å². The lowest BCUT2D eigenvalue weighted by molar-refractivity contribution is -0.128. The lowest BCUT2D eigenvalue weighted by Gasteiger charge is -2.14. The molecule has 0 aliphatic carbocycles. The number of nitrogens with zero attached hydrogens (tertiary/aromatic N) is 2. The van der Waals surface area contributed by atoms with Crippen LogP contribution in [0.1, 0.15) is 43.6 Å². The van der Waals surface area contributed by atoms with Crippen LogP contribution in [-0.4, -0.2) is 41.0 Å². The Morgan fingerprint density at radius 1 is 1.18 bits per heavy atom. The van der Waals surface area contributed by atoms with Gasteiger partial charge in [0.05, 0.1) is 12.5 Å². The second-order valence-corrected chi connectivity index (χ2v) is 6.16. The van der Waals surface area contributed by atoms with Crippen LogP contribution in [0.5, 0.6) is 0 Å². The smallest absolute Gasteiger partial charge is 0.413 e. The van der Waals surface area contributed by atoms with E-state index >= 15 is 0 Å². The van der Waals surface area contributed by atoms with Crippen LogP contribution in [0, 0.1) is 0 Å². The molecular weight excluding hydrogens is 366 g/mol. The van der Waals surface area contributed by atoms with Crippen LogP contribution in [0.4, 0.5) is 4.79 Å². The predicted octanol–water partition coefficient (Wildman–Crippen LogP) is 2.01. The second kappa shape index (κ2) is 9.63. The van der Waals surface area contributed by atoms with Crippen LogP contribution in [0.15, 0.2) is 29.1 Å². The van der Waals surface area contributed by atoms with Crippen LogP contribution in [-0.2, 0) is 20.8 Å². The molecule has 1 N–H and O–H groups in total. The van der Waals surface area contributed by atoms with E-state index in [4.69, 9.17) is 4.74 Å². The summed E-state index contributed by atoms with van der Waals surface area (Å²) in [7, 11) is 1.11. The fraction of sp³-hybridized carbons (Fsp3) is 0.421. The molecule has 2 rings (SSSR count). The van der Waals surface area contributed by atoms with Crippen molar-refractivity contribution in [2.75, 3.05) is 7.11 Å². The number of carbonyl (C=O) groups is 3. The zero-order valence-corrected chi connectivity index (χ0v) is 16.1. The number of aromatic nitrogens is 2. The van der Waals surface area contributed by atoms with Crippen LogP contribution < -0.4 is 10.9 Å². The van der Waals surface area contributed by atoms with Gasteiger partial charge in [0.1, 0.15) is 0 Å². The third-order valence-electron chi connectivity index (χ3n) is 4.10. The summed E-state index contributed by atoms with van der Waals surface area (Å²) in [6, 6.07) is 6.58. The summed E-state index contributed by atoms with van der Waals surface area (Å²) in [5.74, 6) is -1.70. The van der Waals surface area contributed by atoms with Crippen LogP contribution in [0.25, 0.3) is 10.8 Å². The van der Waals surface area contributed by atoms with E-state index in [9.17, 15) is 19.2 Å². The number of unbranched alkanes of at least 4 members (excludes halogenated alkanes) is 2. The van der Waals surface area contributed by atoms with Gasteiger partial charge < -0.3 is 9.47 Å². The van der Waals surface area contributed by atoms with Crippen molar-refractivity contribution >= 4 is 28.7 Å². The Kier molecular flexibility index (Phi) is 7.25. The number of carbonyl (C=O) groups excluding carboxylic acids is 3. The molecule has 0 radical (unpaired) electrons. The van der Waals surface area contributed by atoms with Gasteiger partial charge in [-0.25, -0.2) is 14.3 Å². The molecule has 28 heavy (non-hydrogen) atoms. The number of alkyl carbamates (subject to hydrolysis) is 1. The SMILES string of the molecule is CCCCCn1nc(C(=O)O[C@@H](C)C(=O)NC(=O)OC)c2ccccc2c1=O. The van der Waals surface area contributed by atoms with Crippen LogP contribution in [0.2, 0.25) is 0 Å². The van der Waals surface area contributed by atoms with Gasteiger partial charge in [0.2, 0.25) is 0 Å². The van der Waals surface area contributed by atoms with E-state index in [1.807, 2.05) is 12.2 Å². The zero-order valence-electron chi connectivity index (χ0n) is 16.1. The zero-order chi connectivity index (χ0) is 20.7. The van der Waals surface area contributed by atoms with E-state index in [1.165, 1.54) is 11.6 Å². The molecule has 0 saturated heterocycles. The van der Waals surface area contributed by atoms with E-state index in [-0.39, 0.29) is 11.3 Å². The number of aryl methyl sites for hydroxylation is 1. The van der Waals surface area contributed by atoms with Crippen molar-refractivity contribution in [3.63, 3.8) is 0 Å². The number of fused-ring (bicyclic) bond motifs is 1. The number of hydrogen-bond donors (Lipinski definition) is 1. The average Bonchev–Trinajstić information content (AvgIpc) is 2.69. The molecule has 0 fully saturated rings. The maximum atomic E-state index is 12.6. The number of nitrogens with one attached hydrogen (secondary N) is 1. The molecular formula is C19H23N3O6. The second-order valence-electron chi connectivity index (χ2n) is 6.16. The maximum Gasteiger partial charge on any atom is 0.413 e. The quantitative estimate of drug-likeness (QED) is 0.569. The van der Waals surface area contributed by atoms with Gasteiger partial charge >= 0.3 is 12.1 Å². The van der Waals surface area contributed by atoms with E-state index in [0.29, 0.717) is 17.3 Å². The van der Waals surface area contributed by atoms with Crippen molar-refractivity contribution < 1.29 is 23.9 Å². The predicted molar refractivity (Wildman–Crippen MR) is 101 cm³/mol. The highest BCUT2D eigenvalue weighted by molar-refractivity contribution is 6.03. The summed E-state index contributed by atoms with van der Waals surface area (Å²) in [5.41, 5.74) is -0.357. The lowest BCUT2D eigenvalue weighted by Crippen LogP contribution is -2.39. The number of amides is 2. The molecule has 9 heteroatoms. The van der Waals surface area contributed by atoms with Gasteiger partial charge in [-0.2, -0.15) is 5.10 Å². The lowest BCUT2D eigenvalue weighted by atomic mass is 10.1. The average molecular weight is 389 g/mol. The first-order chi connectivity index (χ1) is 13.4. The minimum atomic E-state index is -1.26. The molecule has 150 valence electrons. The van der Waals surface area contributed by atoms with Gasteiger partial charge in [-0.15, -0.1) is 0 Å². The summed E-state index contributed by atoms with van der Waals surface area (Å²) in [6.45, 7) is 3.73. The number of methoxy groups -OCH3 is 1. The molecule has 0 spiro atoms. The molecule has 2 amide bonds. The van der Waals surface area contributed by atoms with Gasteiger partial charge in [0, 0.05) is 11.9 Å². The van der Waals surface area contributed by atoms with E-state index < -0.39 is 24.1 Å². The van der Waals surface area contributed by atoms with Crippen LogP contribution in [0.3, 0.4) is 0 Å².